The molecule has 0 aromatic heterocycles. The van der Waals surface area contributed by atoms with Crippen LogP contribution in [0.4, 0.5) is 0 Å². The fourth-order valence-electron chi connectivity index (χ4n) is 2.64. The molecule has 1 saturated carbocycles. The number of hydrogen-bond donors (Lipinski definition) is 1. The molecule has 0 radical (unpaired) electrons. The summed E-state index contributed by atoms with van der Waals surface area (Å²) >= 11 is 0. The molecule has 0 saturated heterocycles. The third-order valence-electron chi connectivity index (χ3n) is 3.94. The van der Waals surface area contributed by atoms with Crippen molar-refractivity contribution in [3.05, 3.63) is 12.3 Å². The molecule has 4 heteroatoms. The molecule has 0 aromatic carbocycles. The quantitative estimate of drug-likeness (QED) is 0.822. The van der Waals surface area contributed by atoms with Crippen LogP contribution in [-0.4, -0.2) is 15.1 Å². The Labute approximate surface area is 106 Å². The fourth-order valence-corrected chi connectivity index (χ4v) is 3.00. The van der Waals surface area contributed by atoms with Crippen molar-refractivity contribution < 1.29 is 8.95 Å². The van der Waals surface area contributed by atoms with E-state index in [1.807, 2.05) is 20.1 Å². The lowest BCUT2D eigenvalue weighted by Gasteiger charge is -2.33. The number of rotatable bonds is 5. The summed E-state index contributed by atoms with van der Waals surface area (Å²) in [7, 11) is -1.26. The molecule has 1 unspecified atom stereocenters. The van der Waals surface area contributed by atoms with E-state index in [1.54, 1.807) is 0 Å². The van der Waals surface area contributed by atoms with E-state index in [9.17, 15) is 4.21 Å². The topological polar surface area (TPSA) is 52.3 Å². The molecule has 1 fully saturated rings. The first kappa shape index (κ1) is 13.1. The van der Waals surface area contributed by atoms with E-state index < -0.39 is 11.0 Å². The molecule has 2 aliphatic rings. The first-order valence-electron chi connectivity index (χ1n) is 6.47. The number of allylic oxidation sites excluding steroid dienone is 1. The van der Waals surface area contributed by atoms with Crippen LogP contribution >= 0.6 is 0 Å². The highest BCUT2D eigenvalue weighted by molar-refractivity contribution is 7.84. The predicted octanol–water partition coefficient (Wildman–Crippen LogP) is 2.50. The standard InChI is InChI=1S/C13H23NO2S/c1-13(2,17(14)15)9-11(10-6-7-10)12-5-3-4-8-16-12/h4,8,10-12H,3,5-7,9,14H2,1-2H3/t11-,12+,17?/m1/s1. The van der Waals surface area contributed by atoms with Crippen LogP contribution in [0.2, 0.25) is 0 Å². The molecule has 1 aliphatic carbocycles. The molecule has 2 rings (SSSR count). The highest BCUT2D eigenvalue weighted by Gasteiger charge is 2.41. The molecule has 3 atom stereocenters. The Bertz CT molecular complexity index is 323. The van der Waals surface area contributed by atoms with E-state index in [0.717, 1.165) is 25.2 Å². The molecule has 3 nitrogen and oxygen atoms in total. The summed E-state index contributed by atoms with van der Waals surface area (Å²) in [6.07, 6.45) is 9.88. The zero-order valence-corrected chi connectivity index (χ0v) is 11.5. The summed E-state index contributed by atoms with van der Waals surface area (Å²) in [5.41, 5.74) is 0. The maximum atomic E-state index is 11.6. The van der Waals surface area contributed by atoms with Crippen molar-refractivity contribution in [3.8, 4) is 0 Å². The van der Waals surface area contributed by atoms with E-state index in [2.05, 4.69) is 6.08 Å². The minimum absolute atomic E-state index is 0.301. The first-order chi connectivity index (χ1) is 8.00. The van der Waals surface area contributed by atoms with Gasteiger partial charge in [0.2, 0.25) is 0 Å². The summed E-state index contributed by atoms with van der Waals surface area (Å²) in [5, 5.41) is 5.59. The van der Waals surface area contributed by atoms with Crippen LogP contribution in [0.15, 0.2) is 12.3 Å². The predicted molar refractivity (Wildman–Crippen MR) is 70.5 cm³/mol. The molecule has 0 spiro atoms. The molecule has 1 aliphatic heterocycles. The Morgan fingerprint density at radius 2 is 2.18 bits per heavy atom. The van der Waals surface area contributed by atoms with Gasteiger partial charge in [0.05, 0.1) is 22.0 Å². The minimum atomic E-state index is -1.26. The summed E-state index contributed by atoms with van der Waals surface area (Å²) in [6.45, 7) is 3.99. The van der Waals surface area contributed by atoms with Crippen molar-refractivity contribution in [1.29, 1.82) is 0 Å². The summed E-state index contributed by atoms with van der Waals surface area (Å²) in [5.74, 6) is 1.27. The Balaban J connectivity index is 2.02. The lowest BCUT2D eigenvalue weighted by molar-refractivity contribution is 0.0506. The van der Waals surface area contributed by atoms with Gasteiger partial charge in [-0.15, -0.1) is 0 Å². The highest BCUT2D eigenvalue weighted by Crippen LogP contribution is 2.45. The number of hydrogen-bond acceptors (Lipinski definition) is 2. The second-order valence-corrected chi connectivity index (χ2v) is 7.59. The highest BCUT2D eigenvalue weighted by atomic mass is 32.2. The Kier molecular flexibility index (Phi) is 3.93. The second-order valence-electron chi connectivity index (χ2n) is 5.89. The van der Waals surface area contributed by atoms with Gasteiger partial charge < -0.3 is 4.74 Å². The van der Waals surface area contributed by atoms with Crippen LogP contribution in [-0.2, 0) is 15.7 Å². The van der Waals surface area contributed by atoms with E-state index in [1.165, 1.54) is 12.8 Å². The summed E-state index contributed by atoms with van der Waals surface area (Å²) < 4.78 is 17.0. The van der Waals surface area contributed by atoms with Crippen LogP contribution in [0.3, 0.4) is 0 Å². The van der Waals surface area contributed by atoms with Gasteiger partial charge in [0, 0.05) is 5.92 Å². The Morgan fingerprint density at radius 3 is 2.65 bits per heavy atom. The third-order valence-corrected chi connectivity index (χ3v) is 5.20. The molecular formula is C13H23NO2S. The maximum Gasteiger partial charge on any atom is 0.101 e. The average molecular weight is 257 g/mol. The van der Waals surface area contributed by atoms with Crippen molar-refractivity contribution in [3.63, 3.8) is 0 Å². The van der Waals surface area contributed by atoms with Gasteiger partial charge in [-0.3, -0.25) is 5.14 Å². The SMILES string of the molecule is CC(C)(C[C@H](C1CC1)[C@@H]1CCC=CO1)S(N)=O. The molecule has 0 bridgehead atoms. The molecule has 98 valence electrons. The van der Waals surface area contributed by atoms with Crippen LogP contribution < -0.4 is 5.14 Å². The first-order valence-corrected chi connectivity index (χ1v) is 7.69. The average Bonchev–Trinajstić information content (AvgIpc) is 3.11. The Hall–Kier alpha value is -0.350. The van der Waals surface area contributed by atoms with Crippen LogP contribution in [0.25, 0.3) is 0 Å². The molecular weight excluding hydrogens is 234 g/mol. The molecule has 0 aromatic rings. The Morgan fingerprint density at radius 1 is 1.47 bits per heavy atom. The number of ether oxygens (including phenoxy) is 1. The number of nitrogens with two attached hydrogens (primary N) is 1. The molecule has 2 N–H and O–H groups in total. The van der Waals surface area contributed by atoms with Crippen LogP contribution in [0.1, 0.15) is 46.0 Å². The fraction of sp³-hybridized carbons (Fsp3) is 0.846. The van der Waals surface area contributed by atoms with Gasteiger partial charge in [-0.1, -0.05) is 0 Å². The van der Waals surface area contributed by atoms with Gasteiger partial charge in [-0.25, -0.2) is 4.21 Å². The van der Waals surface area contributed by atoms with E-state index in [0.29, 0.717) is 12.0 Å². The van der Waals surface area contributed by atoms with Crippen molar-refractivity contribution in [2.75, 3.05) is 0 Å². The van der Waals surface area contributed by atoms with Crippen molar-refractivity contribution >= 4 is 11.0 Å². The monoisotopic (exact) mass is 257 g/mol. The zero-order chi connectivity index (χ0) is 12.5. The van der Waals surface area contributed by atoms with Crippen LogP contribution in [0.5, 0.6) is 0 Å². The lowest BCUT2D eigenvalue weighted by atomic mass is 9.85. The molecule has 17 heavy (non-hydrogen) atoms. The smallest absolute Gasteiger partial charge is 0.101 e. The van der Waals surface area contributed by atoms with Gasteiger partial charge in [-0.05, 0) is 57.9 Å². The van der Waals surface area contributed by atoms with Crippen molar-refractivity contribution in [2.45, 2.75) is 56.8 Å². The van der Waals surface area contributed by atoms with Crippen LogP contribution in [0, 0.1) is 11.8 Å². The van der Waals surface area contributed by atoms with Crippen molar-refractivity contribution in [2.24, 2.45) is 17.0 Å². The minimum Gasteiger partial charge on any atom is -0.498 e. The van der Waals surface area contributed by atoms with Gasteiger partial charge in [0.15, 0.2) is 0 Å². The molecule has 1 heterocycles. The van der Waals surface area contributed by atoms with E-state index in [4.69, 9.17) is 9.88 Å². The van der Waals surface area contributed by atoms with Gasteiger partial charge in [0.25, 0.3) is 0 Å². The third kappa shape index (κ3) is 3.32. The van der Waals surface area contributed by atoms with Gasteiger partial charge in [-0.2, -0.15) is 0 Å². The molecule has 0 amide bonds. The van der Waals surface area contributed by atoms with E-state index in [-0.39, 0.29) is 4.75 Å². The normalized spacial score (nSPS) is 28.5. The maximum absolute atomic E-state index is 11.6. The lowest BCUT2D eigenvalue weighted by Crippen LogP contribution is -2.38. The van der Waals surface area contributed by atoms with E-state index >= 15 is 0 Å². The van der Waals surface area contributed by atoms with Gasteiger partial charge >= 0.3 is 0 Å². The van der Waals surface area contributed by atoms with Gasteiger partial charge in [0.1, 0.15) is 6.10 Å². The largest absolute Gasteiger partial charge is 0.498 e. The summed E-state index contributed by atoms with van der Waals surface area (Å²) in [6, 6.07) is 0. The summed E-state index contributed by atoms with van der Waals surface area (Å²) in [4.78, 5) is 0. The van der Waals surface area contributed by atoms with Crippen molar-refractivity contribution in [1.82, 2.24) is 0 Å². The zero-order valence-electron chi connectivity index (χ0n) is 10.7. The second kappa shape index (κ2) is 5.11.